The van der Waals surface area contributed by atoms with E-state index in [4.69, 9.17) is 11.6 Å². The lowest BCUT2D eigenvalue weighted by Crippen LogP contribution is -2.15. The van der Waals surface area contributed by atoms with Crippen LogP contribution in [0.5, 0.6) is 0 Å². The molecule has 0 saturated heterocycles. The molecule has 2 rings (SSSR count). The van der Waals surface area contributed by atoms with E-state index in [0.717, 1.165) is 18.8 Å². The molecular weight excluding hydrogens is 272 g/mol. The second-order valence-electron chi connectivity index (χ2n) is 4.76. The van der Waals surface area contributed by atoms with Gasteiger partial charge in [-0.1, -0.05) is 31.4 Å². The third-order valence-corrected chi connectivity index (χ3v) is 4.55. The fourth-order valence-electron chi connectivity index (χ4n) is 2.28. The highest BCUT2D eigenvalue weighted by Gasteiger charge is 2.21. The van der Waals surface area contributed by atoms with E-state index in [1.807, 2.05) is 0 Å². The normalized spacial score (nSPS) is 23.9. The summed E-state index contributed by atoms with van der Waals surface area (Å²) in [7, 11) is 0. The number of hydrogen-bond donors (Lipinski definition) is 0. The predicted molar refractivity (Wildman–Crippen MR) is 73.2 cm³/mol. The Morgan fingerprint density at radius 3 is 2.94 bits per heavy atom. The predicted octanol–water partition coefficient (Wildman–Crippen LogP) is 4.31. The van der Waals surface area contributed by atoms with Crippen molar-refractivity contribution in [3.8, 4) is 0 Å². The van der Waals surface area contributed by atoms with E-state index in [1.54, 1.807) is 11.8 Å². The van der Waals surface area contributed by atoms with Crippen molar-refractivity contribution in [2.75, 3.05) is 0 Å². The van der Waals surface area contributed by atoms with Crippen LogP contribution in [0.2, 0.25) is 5.15 Å². The van der Waals surface area contributed by atoms with Crippen LogP contribution in [0.15, 0.2) is 17.2 Å². The van der Waals surface area contributed by atoms with Crippen LogP contribution in [0.3, 0.4) is 0 Å². The summed E-state index contributed by atoms with van der Waals surface area (Å²) in [5.74, 6) is 0.727. The molecule has 2 atom stereocenters. The van der Waals surface area contributed by atoms with Crippen LogP contribution in [0.1, 0.15) is 32.6 Å². The molecule has 1 aliphatic rings. The van der Waals surface area contributed by atoms with Gasteiger partial charge in [-0.3, -0.25) is 10.1 Å². The van der Waals surface area contributed by atoms with Crippen molar-refractivity contribution in [2.45, 2.75) is 42.9 Å². The van der Waals surface area contributed by atoms with Crippen molar-refractivity contribution in [1.29, 1.82) is 0 Å². The number of rotatable bonds is 3. The van der Waals surface area contributed by atoms with Gasteiger partial charge in [-0.05, 0) is 18.8 Å². The maximum Gasteiger partial charge on any atom is 0.275 e. The molecule has 0 aromatic carbocycles. The Kier molecular flexibility index (Phi) is 4.45. The molecule has 18 heavy (non-hydrogen) atoms. The molecule has 0 aliphatic heterocycles. The molecule has 1 aromatic heterocycles. The Balaban J connectivity index is 2.10. The lowest BCUT2D eigenvalue weighted by atomic mass is 9.91. The third kappa shape index (κ3) is 3.59. The minimum Gasteiger partial charge on any atom is -0.258 e. The van der Waals surface area contributed by atoms with Gasteiger partial charge in [0.2, 0.25) is 0 Å². The first-order chi connectivity index (χ1) is 8.54. The van der Waals surface area contributed by atoms with Gasteiger partial charge in [-0.15, -0.1) is 11.8 Å². The van der Waals surface area contributed by atoms with Crippen LogP contribution < -0.4 is 0 Å². The zero-order chi connectivity index (χ0) is 13.1. The Morgan fingerprint density at radius 1 is 1.50 bits per heavy atom. The standard InChI is InChI=1S/C12H15ClN2O2S/c1-8-3-2-4-10(5-8)18-12-7-9(15(16)17)6-11(13)14-12/h6-8,10H,2-5H2,1H3. The lowest BCUT2D eigenvalue weighted by molar-refractivity contribution is -0.385. The Labute approximate surface area is 115 Å². The summed E-state index contributed by atoms with van der Waals surface area (Å²) in [6, 6.07) is 2.80. The molecule has 6 heteroatoms. The first kappa shape index (κ1) is 13.6. The van der Waals surface area contributed by atoms with Crippen LogP contribution in [0, 0.1) is 16.0 Å². The van der Waals surface area contributed by atoms with Gasteiger partial charge in [0, 0.05) is 11.3 Å². The molecule has 0 radical (unpaired) electrons. The molecule has 1 aliphatic carbocycles. The summed E-state index contributed by atoms with van der Waals surface area (Å²) >= 11 is 7.43. The highest BCUT2D eigenvalue weighted by atomic mass is 35.5. The quantitative estimate of drug-likeness (QED) is 0.472. The fourth-order valence-corrected chi connectivity index (χ4v) is 3.93. The number of nitro groups is 1. The van der Waals surface area contributed by atoms with Gasteiger partial charge >= 0.3 is 0 Å². The largest absolute Gasteiger partial charge is 0.275 e. The van der Waals surface area contributed by atoms with E-state index in [1.165, 1.54) is 25.0 Å². The zero-order valence-electron chi connectivity index (χ0n) is 10.1. The van der Waals surface area contributed by atoms with E-state index >= 15 is 0 Å². The molecule has 1 fully saturated rings. The van der Waals surface area contributed by atoms with E-state index in [9.17, 15) is 10.1 Å². The van der Waals surface area contributed by atoms with Crippen LogP contribution in [0.4, 0.5) is 5.69 Å². The number of hydrogen-bond acceptors (Lipinski definition) is 4. The Bertz CT molecular complexity index is 456. The summed E-state index contributed by atoms with van der Waals surface area (Å²) < 4.78 is 0. The molecular formula is C12H15ClN2O2S. The molecule has 0 N–H and O–H groups in total. The first-order valence-electron chi connectivity index (χ1n) is 6.03. The average molecular weight is 287 g/mol. The summed E-state index contributed by atoms with van der Waals surface area (Å²) in [6.45, 7) is 2.25. The topological polar surface area (TPSA) is 56.0 Å². The lowest BCUT2D eigenvalue weighted by Gasteiger charge is -2.25. The van der Waals surface area contributed by atoms with Gasteiger partial charge in [0.25, 0.3) is 5.69 Å². The highest BCUT2D eigenvalue weighted by molar-refractivity contribution is 7.99. The van der Waals surface area contributed by atoms with E-state index < -0.39 is 4.92 Å². The summed E-state index contributed by atoms with van der Waals surface area (Å²) in [4.78, 5) is 14.5. The maximum absolute atomic E-state index is 10.8. The van der Waals surface area contributed by atoms with Gasteiger partial charge in [0.05, 0.1) is 11.0 Å². The van der Waals surface area contributed by atoms with Crippen molar-refractivity contribution in [1.82, 2.24) is 4.98 Å². The number of nitrogens with zero attached hydrogens (tertiary/aromatic N) is 2. The van der Waals surface area contributed by atoms with E-state index in [-0.39, 0.29) is 10.8 Å². The molecule has 0 amide bonds. The van der Waals surface area contributed by atoms with Gasteiger partial charge in [-0.2, -0.15) is 0 Å². The van der Waals surface area contributed by atoms with Crippen LogP contribution in [-0.4, -0.2) is 15.2 Å². The van der Waals surface area contributed by atoms with Crippen molar-refractivity contribution >= 4 is 29.1 Å². The number of aromatic nitrogens is 1. The van der Waals surface area contributed by atoms with E-state index in [0.29, 0.717) is 10.3 Å². The molecule has 1 heterocycles. The number of pyridine rings is 1. The van der Waals surface area contributed by atoms with Crippen molar-refractivity contribution in [3.63, 3.8) is 0 Å². The van der Waals surface area contributed by atoms with Crippen molar-refractivity contribution in [3.05, 3.63) is 27.4 Å². The molecule has 0 spiro atoms. The first-order valence-corrected chi connectivity index (χ1v) is 7.29. The zero-order valence-corrected chi connectivity index (χ0v) is 11.7. The van der Waals surface area contributed by atoms with Crippen LogP contribution in [0.25, 0.3) is 0 Å². The highest BCUT2D eigenvalue weighted by Crippen LogP contribution is 2.36. The monoisotopic (exact) mass is 286 g/mol. The van der Waals surface area contributed by atoms with Gasteiger partial charge in [-0.25, -0.2) is 4.98 Å². The van der Waals surface area contributed by atoms with Gasteiger partial charge < -0.3 is 0 Å². The molecule has 0 bridgehead atoms. The fraction of sp³-hybridized carbons (Fsp3) is 0.583. The summed E-state index contributed by atoms with van der Waals surface area (Å²) in [5, 5.41) is 12.1. The number of halogens is 1. The molecule has 2 unspecified atom stereocenters. The smallest absolute Gasteiger partial charge is 0.258 e. The second-order valence-corrected chi connectivity index (χ2v) is 6.46. The minimum absolute atomic E-state index is 0.0151. The van der Waals surface area contributed by atoms with Crippen molar-refractivity contribution in [2.24, 2.45) is 5.92 Å². The Morgan fingerprint density at radius 2 is 2.28 bits per heavy atom. The van der Waals surface area contributed by atoms with Crippen molar-refractivity contribution < 1.29 is 4.92 Å². The second kappa shape index (κ2) is 5.89. The van der Waals surface area contributed by atoms with Crippen LogP contribution >= 0.6 is 23.4 Å². The maximum atomic E-state index is 10.8. The third-order valence-electron chi connectivity index (χ3n) is 3.14. The summed E-state index contributed by atoms with van der Waals surface area (Å²) in [6.07, 6.45) is 4.80. The summed E-state index contributed by atoms with van der Waals surface area (Å²) in [5.41, 5.74) is 0.0151. The van der Waals surface area contributed by atoms with Gasteiger partial charge in [0.1, 0.15) is 10.2 Å². The van der Waals surface area contributed by atoms with Gasteiger partial charge in [0.15, 0.2) is 0 Å². The molecule has 1 aromatic rings. The SMILES string of the molecule is CC1CCCC(Sc2cc([N+](=O)[O-])cc(Cl)n2)C1. The van der Waals surface area contributed by atoms with Crippen LogP contribution in [-0.2, 0) is 0 Å². The molecule has 98 valence electrons. The molecule has 1 saturated carbocycles. The average Bonchev–Trinajstić information content (AvgIpc) is 2.28. The van der Waals surface area contributed by atoms with E-state index in [2.05, 4.69) is 11.9 Å². The minimum atomic E-state index is -0.429. The number of thioether (sulfide) groups is 1. The molecule has 4 nitrogen and oxygen atoms in total. The Hall–Kier alpha value is -0.810.